The first-order chi connectivity index (χ1) is 8.58. The molecule has 0 amide bonds. The molecule has 2 atom stereocenters. The Balaban J connectivity index is 2.18. The number of methoxy groups -OCH3 is 1. The summed E-state index contributed by atoms with van der Waals surface area (Å²) in [5.41, 5.74) is 2.32. The average Bonchev–Trinajstić information content (AvgIpc) is 2.39. The van der Waals surface area contributed by atoms with Gasteiger partial charge in [0.25, 0.3) is 0 Å². The molecule has 1 fully saturated rings. The van der Waals surface area contributed by atoms with E-state index in [2.05, 4.69) is 38.2 Å². The van der Waals surface area contributed by atoms with Crippen molar-refractivity contribution in [2.45, 2.75) is 38.9 Å². The number of rotatable bonds is 3. The van der Waals surface area contributed by atoms with E-state index in [0.717, 1.165) is 30.8 Å². The second kappa shape index (κ2) is 5.29. The second-order valence-electron chi connectivity index (χ2n) is 5.27. The highest BCUT2D eigenvalue weighted by Crippen LogP contribution is 2.31. The summed E-state index contributed by atoms with van der Waals surface area (Å²) >= 11 is 0. The average molecular weight is 249 g/mol. The molecule has 1 heterocycles. The van der Waals surface area contributed by atoms with Gasteiger partial charge in [0.1, 0.15) is 5.75 Å². The maximum Gasteiger partial charge on any atom is 0.121 e. The summed E-state index contributed by atoms with van der Waals surface area (Å²) < 4.78 is 11.5. The predicted molar refractivity (Wildman–Crippen MR) is 73.1 cm³/mol. The quantitative estimate of drug-likeness (QED) is 0.893. The zero-order valence-corrected chi connectivity index (χ0v) is 11.7. The third-order valence-corrected chi connectivity index (χ3v) is 3.79. The van der Waals surface area contributed by atoms with E-state index < -0.39 is 0 Å². The molecule has 1 saturated heterocycles. The fourth-order valence-corrected chi connectivity index (χ4v) is 2.39. The minimum atomic E-state index is -0.0588. The molecule has 3 heteroatoms. The fourth-order valence-electron chi connectivity index (χ4n) is 2.39. The molecule has 1 N–H and O–H groups in total. The molecular formula is C15H23NO2. The number of morpholine rings is 1. The molecule has 2 unspecified atom stereocenters. The van der Waals surface area contributed by atoms with Crippen molar-refractivity contribution in [3.05, 3.63) is 29.3 Å². The number of hydrogen-bond acceptors (Lipinski definition) is 3. The molecule has 1 aliphatic heterocycles. The lowest BCUT2D eigenvalue weighted by molar-refractivity contribution is -0.109. The molecule has 1 aromatic rings. The Morgan fingerprint density at radius 2 is 2.28 bits per heavy atom. The topological polar surface area (TPSA) is 30.5 Å². The van der Waals surface area contributed by atoms with E-state index in [4.69, 9.17) is 9.47 Å². The monoisotopic (exact) mass is 249 g/mol. The van der Waals surface area contributed by atoms with Gasteiger partial charge in [-0.05, 0) is 43.5 Å². The fraction of sp³-hybridized carbons (Fsp3) is 0.600. The lowest BCUT2D eigenvalue weighted by atomic mass is 9.98. The van der Waals surface area contributed by atoms with Gasteiger partial charge in [0.05, 0.1) is 18.8 Å². The molecule has 0 spiro atoms. The predicted octanol–water partition coefficient (Wildman–Crippen LogP) is 2.83. The molecule has 3 nitrogen and oxygen atoms in total. The molecule has 0 radical (unpaired) electrons. The van der Waals surface area contributed by atoms with E-state index in [0.29, 0.717) is 0 Å². The van der Waals surface area contributed by atoms with Crippen LogP contribution in [-0.2, 0) is 4.74 Å². The highest BCUT2D eigenvalue weighted by Gasteiger charge is 2.31. The van der Waals surface area contributed by atoms with Crippen LogP contribution in [0.2, 0.25) is 0 Å². The summed E-state index contributed by atoms with van der Waals surface area (Å²) in [6.07, 6.45) is 1.15. The number of benzene rings is 1. The van der Waals surface area contributed by atoms with Crippen LogP contribution in [0.15, 0.2) is 18.2 Å². The molecule has 0 bridgehead atoms. The van der Waals surface area contributed by atoms with Gasteiger partial charge < -0.3 is 14.8 Å². The molecular weight excluding hydrogens is 226 g/mol. The Morgan fingerprint density at radius 3 is 2.89 bits per heavy atom. The largest absolute Gasteiger partial charge is 0.496 e. The van der Waals surface area contributed by atoms with Gasteiger partial charge in [-0.15, -0.1) is 0 Å². The molecule has 1 aliphatic rings. The number of hydrogen-bond donors (Lipinski definition) is 1. The van der Waals surface area contributed by atoms with E-state index in [9.17, 15) is 0 Å². The van der Waals surface area contributed by atoms with Crippen molar-refractivity contribution in [1.82, 2.24) is 5.32 Å². The van der Waals surface area contributed by atoms with Crippen molar-refractivity contribution >= 4 is 0 Å². The zero-order valence-electron chi connectivity index (χ0n) is 11.7. The van der Waals surface area contributed by atoms with Crippen molar-refractivity contribution in [3.63, 3.8) is 0 Å². The van der Waals surface area contributed by atoms with Crippen LogP contribution in [0.25, 0.3) is 0 Å². The molecule has 100 valence electrons. The van der Waals surface area contributed by atoms with Gasteiger partial charge in [-0.2, -0.15) is 0 Å². The maximum absolute atomic E-state index is 6.23. The second-order valence-corrected chi connectivity index (χ2v) is 5.27. The first kappa shape index (κ1) is 13.4. The van der Waals surface area contributed by atoms with E-state index in [1.807, 2.05) is 6.07 Å². The number of nitrogens with one attached hydrogen (secondary N) is 1. The van der Waals surface area contributed by atoms with E-state index in [-0.39, 0.29) is 11.7 Å². The first-order valence-corrected chi connectivity index (χ1v) is 6.61. The van der Waals surface area contributed by atoms with Gasteiger partial charge in [0.15, 0.2) is 0 Å². The maximum atomic E-state index is 6.23. The third kappa shape index (κ3) is 2.68. The van der Waals surface area contributed by atoms with Crippen LogP contribution in [0.5, 0.6) is 5.75 Å². The molecule has 0 saturated carbocycles. The number of ether oxygens (including phenoxy) is 2. The van der Waals surface area contributed by atoms with Gasteiger partial charge in [-0.25, -0.2) is 0 Å². The Labute approximate surface area is 109 Å². The van der Waals surface area contributed by atoms with Gasteiger partial charge in [0, 0.05) is 13.1 Å². The van der Waals surface area contributed by atoms with Crippen molar-refractivity contribution < 1.29 is 9.47 Å². The normalized spacial score (nSPS) is 28.1. The van der Waals surface area contributed by atoms with Crippen LogP contribution in [0.3, 0.4) is 0 Å². The summed E-state index contributed by atoms with van der Waals surface area (Å²) in [4.78, 5) is 0. The van der Waals surface area contributed by atoms with Gasteiger partial charge in [-0.3, -0.25) is 0 Å². The Morgan fingerprint density at radius 1 is 1.50 bits per heavy atom. The summed E-state index contributed by atoms with van der Waals surface area (Å²) in [5.74, 6) is 0.931. The van der Waals surface area contributed by atoms with Crippen LogP contribution in [0.1, 0.15) is 37.5 Å². The lowest BCUT2D eigenvalue weighted by Crippen LogP contribution is -2.48. The Hall–Kier alpha value is -1.06. The minimum Gasteiger partial charge on any atom is -0.496 e. The van der Waals surface area contributed by atoms with E-state index >= 15 is 0 Å². The lowest BCUT2D eigenvalue weighted by Gasteiger charge is -2.39. The Bertz CT molecular complexity index is 419. The summed E-state index contributed by atoms with van der Waals surface area (Å²) in [7, 11) is 1.70. The van der Waals surface area contributed by atoms with Crippen molar-refractivity contribution in [2.24, 2.45) is 0 Å². The van der Waals surface area contributed by atoms with Crippen LogP contribution < -0.4 is 10.1 Å². The highest BCUT2D eigenvalue weighted by molar-refractivity contribution is 5.37. The van der Waals surface area contributed by atoms with E-state index in [1.165, 1.54) is 5.56 Å². The summed E-state index contributed by atoms with van der Waals surface area (Å²) in [6.45, 7) is 8.21. The van der Waals surface area contributed by atoms with Crippen molar-refractivity contribution in [2.75, 3.05) is 20.2 Å². The molecule has 0 aromatic heterocycles. The van der Waals surface area contributed by atoms with Gasteiger partial charge in [0.2, 0.25) is 0 Å². The van der Waals surface area contributed by atoms with Gasteiger partial charge in [-0.1, -0.05) is 13.0 Å². The SMILES string of the molecule is CCC1(C)CNCC(c2ccc(OC)c(C)c2)O1. The first-order valence-electron chi connectivity index (χ1n) is 6.61. The van der Waals surface area contributed by atoms with Crippen LogP contribution in [-0.4, -0.2) is 25.8 Å². The highest BCUT2D eigenvalue weighted by atomic mass is 16.5. The third-order valence-electron chi connectivity index (χ3n) is 3.79. The molecule has 2 rings (SSSR count). The van der Waals surface area contributed by atoms with E-state index in [1.54, 1.807) is 7.11 Å². The summed E-state index contributed by atoms with van der Waals surface area (Å²) in [5, 5.41) is 3.47. The summed E-state index contributed by atoms with van der Waals surface area (Å²) in [6, 6.07) is 6.28. The standard InChI is InChI=1S/C15H23NO2/c1-5-15(3)10-16-9-14(18-15)12-6-7-13(17-4)11(2)8-12/h6-8,14,16H,5,9-10H2,1-4H3. The van der Waals surface area contributed by atoms with Crippen LogP contribution in [0.4, 0.5) is 0 Å². The van der Waals surface area contributed by atoms with Gasteiger partial charge >= 0.3 is 0 Å². The molecule has 1 aromatic carbocycles. The molecule has 0 aliphatic carbocycles. The number of aryl methyl sites for hydroxylation is 1. The van der Waals surface area contributed by atoms with Crippen LogP contribution in [0, 0.1) is 6.92 Å². The molecule has 18 heavy (non-hydrogen) atoms. The smallest absolute Gasteiger partial charge is 0.121 e. The minimum absolute atomic E-state index is 0.0588. The van der Waals surface area contributed by atoms with Crippen molar-refractivity contribution in [3.8, 4) is 5.75 Å². The zero-order chi connectivity index (χ0) is 13.2. The Kier molecular flexibility index (Phi) is 3.93. The van der Waals surface area contributed by atoms with Crippen LogP contribution >= 0.6 is 0 Å². The van der Waals surface area contributed by atoms with Crippen molar-refractivity contribution in [1.29, 1.82) is 0 Å².